The van der Waals surface area contributed by atoms with Crippen LogP contribution in [0, 0.1) is 5.92 Å². The minimum Gasteiger partial charge on any atom is -0.294 e. The average molecular weight is 541 g/mol. The van der Waals surface area contributed by atoms with Gasteiger partial charge in [0.2, 0.25) is 0 Å². The highest BCUT2D eigenvalue weighted by molar-refractivity contribution is 9.10. The van der Waals surface area contributed by atoms with Gasteiger partial charge in [-0.25, -0.2) is 0 Å². The van der Waals surface area contributed by atoms with E-state index in [-0.39, 0.29) is 29.6 Å². The second kappa shape index (κ2) is 10.6. The van der Waals surface area contributed by atoms with Crippen molar-refractivity contribution in [3.05, 3.63) is 141 Å². The van der Waals surface area contributed by atoms with Crippen LogP contribution in [0.1, 0.15) is 62.2 Å². The zero-order valence-corrected chi connectivity index (χ0v) is 21.5. The van der Waals surface area contributed by atoms with Gasteiger partial charge in [0.25, 0.3) is 0 Å². The Kier molecular flexibility index (Phi) is 7.12. The summed E-state index contributed by atoms with van der Waals surface area (Å²) in [5, 5.41) is 0. The molecule has 1 fully saturated rings. The van der Waals surface area contributed by atoms with Crippen LogP contribution in [-0.4, -0.2) is 11.8 Å². The molecule has 0 amide bonds. The normalized spacial score (nSPS) is 19.3. The molecule has 0 saturated heterocycles. The lowest BCUT2D eigenvalue weighted by molar-refractivity contribution is -0.898. The van der Waals surface area contributed by atoms with Gasteiger partial charge in [-0.3, -0.25) is 4.79 Å². The van der Waals surface area contributed by atoms with E-state index in [0.717, 1.165) is 10.0 Å². The van der Waals surface area contributed by atoms with Crippen molar-refractivity contribution in [2.75, 3.05) is 0 Å². The minimum atomic E-state index is -0.436. The largest absolute Gasteiger partial charge is 0.669 e. The highest BCUT2D eigenvalue weighted by Gasteiger charge is 2.55. The first-order valence-corrected chi connectivity index (χ1v) is 12.9. The third-order valence-electron chi connectivity index (χ3n) is 6.87. The van der Waals surface area contributed by atoms with Gasteiger partial charge in [0.1, 0.15) is 5.56 Å². The van der Waals surface area contributed by atoms with Crippen LogP contribution in [0.25, 0.3) is 0 Å². The molecule has 4 aromatic rings. The molecule has 1 aliphatic rings. The van der Waals surface area contributed by atoms with Crippen molar-refractivity contribution >= 4 is 27.7 Å². The van der Waals surface area contributed by atoms with Gasteiger partial charge in [0, 0.05) is 33.4 Å². The molecule has 1 saturated carbocycles. The fourth-order valence-corrected chi connectivity index (χ4v) is 5.12. The van der Waals surface area contributed by atoms with Crippen molar-refractivity contribution in [1.29, 1.82) is 0 Å². The van der Waals surface area contributed by atoms with Crippen molar-refractivity contribution in [1.82, 2.24) is 0 Å². The summed E-state index contributed by atoms with van der Waals surface area (Å²) in [7, 11) is 0. The summed E-state index contributed by atoms with van der Waals surface area (Å²) in [4.78, 5) is 31.5. The van der Waals surface area contributed by atoms with Crippen LogP contribution in [0.15, 0.2) is 114 Å². The number of carbonyl (C=O) groups is 2. The Morgan fingerprint density at radius 3 is 1.81 bits per heavy atom. The Morgan fingerprint density at radius 2 is 1.28 bits per heavy atom. The molecule has 4 aromatic carbocycles. The third-order valence-corrected chi connectivity index (χ3v) is 7.40. The zero-order valence-electron chi connectivity index (χ0n) is 19.9. The van der Waals surface area contributed by atoms with Crippen molar-refractivity contribution in [3.8, 4) is 0 Å². The Labute approximate surface area is 219 Å². The number of rotatable bonds is 8. The van der Waals surface area contributed by atoms with Crippen LogP contribution >= 0.6 is 15.9 Å². The molecule has 0 aromatic heterocycles. The molecule has 0 aliphatic heterocycles. The van der Waals surface area contributed by atoms with E-state index in [1.165, 1.54) is 11.1 Å². The summed E-state index contributed by atoms with van der Waals surface area (Å²) in [6.45, 7) is 1.97. The molecular weight excluding hydrogens is 514 g/mol. The summed E-state index contributed by atoms with van der Waals surface area (Å²) >= 11 is 3.43. The molecular formula is C31H27BrNO3+2. The molecule has 2 N–H and O–H groups in total. The standard InChI is InChI=1S/C31H26BrNO3/c1-20(21-16-18-26(32)19-17-21)33-36-31(35)25-14-12-24(13-15-25)30(34)29-27(22-8-4-2-5-9-22)28(29)23-10-6-3-7-11-23/h2-20,27-29,33H,1H3/q+1/p+1/t20-,27+,28+/m0/s1. The smallest absolute Gasteiger partial charge is 0.294 e. The second-order valence-electron chi connectivity index (χ2n) is 9.22. The zero-order chi connectivity index (χ0) is 25.1. The van der Waals surface area contributed by atoms with E-state index in [2.05, 4.69) is 40.2 Å². The number of quaternary nitrogens is 1. The predicted molar refractivity (Wildman–Crippen MR) is 143 cm³/mol. The van der Waals surface area contributed by atoms with E-state index >= 15 is 0 Å². The number of nitrogens with two attached hydrogens (primary N) is 1. The van der Waals surface area contributed by atoms with E-state index in [9.17, 15) is 9.59 Å². The van der Waals surface area contributed by atoms with Gasteiger partial charge in [-0.1, -0.05) is 111 Å². The molecule has 3 atom stereocenters. The maximum Gasteiger partial charge on any atom is 0.669 e. The maximum absolute atomic E-state index is 13.5. The quantitative estimate of drug-likeness (QED) is 0.164. The van der Waals surface area contributed by atoms with Crippen molar-refractivity contribution in [2.24, 2.45) is 5.92 Å². The van der Waals surface area contributed by atoms with Gasteiger partial charge in [0.15, 0.2) is 11.8 Å². The molecule has 5 heteroatoms. The Balaban J connectivity index is 1.26. The molecule has 4 nitrogen and oxygen atoms in total. The number of benzene rings is 4. The van der Waals surface area contributed by atoms with E-state index < -0.39 is 5.97 Å². The number of hydroxylamine groups is 1. The molecule has 0 unspecified atom stereocenters. The lowest BCUT2D eigenvalue weighted by Crippen LogP contribution is -2.84. The molecule has 36 heavy (non-hydrogen) atoms. The van der Waals surface area contributed by atoms with Crippen LogP contribution in [0.5, 0.6) is 0 Å². The lowest BCUT2D eigenvalue weighted by Gasteiger charge is -2.04. The maximum atomic E-state index is 13.5. The molecule has 0 bridgehead atoms. The van der Waals surface area contributed by atoms with E-state index in [1.807, 2.05) is 67.6 Å². The summed E-state index contributed by atoms with van der Waals surface area (Å²) in [6.07, 6.45) is 0. The van der Waals surface area contributed by atoms with Gasteiger partial charge in [0.05, 0.1) is 4.79 Å². The van der Waals surface area contributed by atoms with Gasteiger partial charge in [-0.2, -0.15) is 0 Å². The Hall–Kier alpha value is -3.54. The van der Waals surface area contributed by atoms with Crippen LogP contribution in [-0.2, 0) is 4.84 Å². The molecule has 0 heterocycles. The highest BCUT2D eigenvalue weighted by atomic mass is 79.9. The number of carbonyl (C=O) groups excluding carboxylic acids is 2. The van der Waals surface area contributed by atoms with Crippen LogP contribution < -0.4 is 5.48 Å². The second-order valence-corrected chi connectivity index (χ2v) is 10.1. The Bertz CT molecular complexity index is 1290. The summed E-state index contributed by atoms with van der Waals surface area (Å²) in [6, 6.07) is 35.1. The van der Waals surface area contributed by atoms with Gasteiger partial charge < -0.3 is 0 Å². The molecule has 0 spiro atoms. The first-order chi connectivity index (χ1) is 17.5. The fraction of sp³-hybridized carbons (Fsp3) is 0.161. The van der Waals surface area contributed by atoms with Crippen molar-refractivity contribution in [3.63, 3.8) is 0 Å². The first-order valence-electron chi connectivity index (χ1n) is 12.1. The van der Waals surface area contributed by atoms with Gasteiger partial charge in [-0.05, 0) is 42.3 Å². The summed E-state index contributed by atoms with van der Waals surface area (Å²) in [5.74, 6) is -0.143. The number of hydrogen-bond acceptors (Lipinski definition) is 3. The minimum absolute atomic E-state index is 0.0393. The van der Waals surface area contributed by atoms with Gasteiger partial charge >= 0.3 is 5.97 Å². The topological polar surface area (TPSA) is 62.8 Å². The van der Waals surface area contributed by atoms with Crippen LogP contribution in [0.3, 0.4) is 0 Å². The van der Waals surface area contributed by atoms with Crippen LogP contribution in [0.2, 0.25) is 0 Å². The predicted octanol–water partition coefficient (Wildman–Crippen LogP) is 6.23. The summed E-state index contributed by atoms with van der Waals surface area (Å²) < 4.78 is 1.00. The average Bonchev–Trinajstić information content (AvgIpc) is 3.68. The molecule has 1 aliphatic carbocycles. The van der Waals surface area contributed by atoms with E-state index in [4.69, 9.17) is 4.84 Å². The van der Waals surface area contributed by atoms with E-state index in [0.29, 0.717) is 11.1 Å². The summed E-state index contributed by atoms with van der Waals surface area (Å²) in [5.41, 5.74) is 5.99. The SMILES string of the molecule is C[C@H]([NH2+]OC(=[O+])c1ccc(C(=O)C2[C@H](c3ccccc3)[C@H]2c2ccccc2)cc1)c1ccc(Br)cc1. The number of Topliss-reactive ketones (excluding diaryl/α,β-unsaturated/α-hetero) is 1. The Morgan fingerprint density at radius 1 is 0.778 bits per heavy atom. The number of halogens is 1. The molecule has 179 valence electrons. The van der Waals surface area contributed by atoms with Crippen molar-refractivity contribution < 1.29 is 19.9 Å². The highest BCUT2D eigenvalue weighted by Crippen LogP contribution is 2.61. The molecule has 5 rings (SSSR count). The van der Waals surface area contributed by atoms with Gasteiger partial charge in [-0.15, -0.1) is 0 Å². The number of ketones is 1. The number of hydrogen-bond donors (Lipinski definition) is 1. The lowest BCUT2D eigenvalue weighted by atomic mass is 10.0. The first kappa shape index (κ1) is 24.2. The van der Waals surface area contributed by atoms with Crippen molar-refractivity contribution in [2.45, 2.75) is 24.8 Å². The van der Waals surface area contributed by atoms with E-state index in [1.54, 1.807) is 29.7 Å². The fourth-order valence-electron chi connectivity index (χ4n) is 4.86. The van der Waals surface area contributed by atoms with Crippen LogP contribution in [0.4, 0.5) is 0 Å². The molecule has 1 radical (unpaired) electrons. The third kappa shape index (κ3) is 5.18. The monoisotopic (exact) mass is 540 g/mol.